The standard InChI is InChI=1S/C14H17FN2O/c15-13-1-3-14(4-2-13)18-10-9-17-7-5-12(11-16)6-8-17/h1-4,12H,5-10H2. The molecule has 0 bridgehead atoms. The first-order chi connectivity index (χ1) is 8.78. The predicted octanol–water partition coefficient (Wildman–Crippen LogP) is 2.44. The fraction of sp³-hybridized carbons (Fsp3) is 0.500. The molecule has 18 heavy (non-hydrogen) atoms. The van der Waals surface area contributed by atoms with Crippen LogP contribution >= 0.6 is 0 Å². The number of nitriles is 1. The lowest BCUT2D eigenvalue weighted by molar-refractivity contribution is 0.169. The lowest BCUT2D eigenvalue weighted by Crippen LogP contribution is -2.36. The van der Waals surface area contributed by atoms with Crippen molar-refractivity contribution in [3.05, 3.63) is 30.1 Å². The van der Waals surface area contributed by atoms with Crippen LogP contribution in [0.25, 0.3) is 0 Å². The second-order valence-corrected chi connectivity index (χ2v) is 4.55. The molecule has 1 fully saturated rings. The van der Waals surface area contributed by atoms with E-state index in [1.54, 1.807) is 12.1 Å². The summed E-state index contributed by atoms with van der Waals surface area (Å²) in [6.07, 6.45) is 1.90. The first kappa shape index (κ1) is 12.8. The molecule has 1 aromatic carbocycles. The number of nitrogens with zero attached hydrogens (tertiary/aromatic N) is 2. The Kier molecular flexibility index (Phi) is 4.54. The first-order valence-electron chi connectivity index (χ1n) is 6.28. The Morgan fingerprint density at radius 3 is 2.56 bits per heavy atom. The zero-order valence-corrected chi connectivity index (χ0v) is 10.3. The lowest BCUT2D eigenvalue weighted by Gasteiger charge is -2.28. The molecule has 3 nitrogen and oxygen atoms in total. The fourth-order valence-corrected chi connectivity index (χ4v) is 2.11. The number of hydrogen-bond donors (Lipinski definition) is 0. The number of rotatable bonds is 4. The number of hydrogen-bond acceptors (Lipinski definition) is 3. The van der Waals surface area contributed by atoms with E-state index in [0.717, 1.165) is 32.5 Å². The third-order valence-corrected chi connectivity index (χ3v) is 3.26. The molecule has 1 saturated heterocycles. The van der Waals surface area contributed by atoms with Gasteiger partial charge in [0.2, 0.25) is 0 Å². The van der Waals surface area contributed by atoms with Gasteiger partial charge < -0.3 is 4.74 Å². The van der Waals surface area contributed by atoms with E-state index < -0.39 is 0 Å². The Morgan fingerprint density at radius 2 is 1.94 bits per heavy atom. The average Bonchev–Trinajstić information content (AvgIpc) is 2.42. The molecule has 0 N–H and O–H groups in total. The van der Waals surface area contributed by atoms with Crippen molar-refractivity contribution in [1.29, 1.82) is 5.26 Å². The van der Waals surface area contributed by atoms with E-state index in [4.69, 9.17) is 10.00 Å². The van der Waals surface area contributed by atoms with Crippen LogP contribution in [0.2, 0.25) is 0 Å². The summed E-state index contributed by atoms with van der Waals surface area (Å²) in [5, 5.41) is 8.80. The molecule has 0 aromatic heterocycles. The molecule has 1 aromatic rings. The van der Waals surface area contributed by atoms with Crippen molar-refractivity contribution in [2.75, 3.05) is 26.2 Å². The molecule has 0 radical (unpaired) electrons. The van der Waals surface area contributed by atoms with Crippen molar-refractivity contribution in [3.8, 4) is 11.8 Å². The molecule has 1 aliphatic rings. The summed E-state index contributed by atoms with van der Waals surface area (Å²) < 4.78 is 18.2. The third kappa shape index (κ3) is 3.71. The second-order valence-electron chi connectivity index (χ2n) is 4.55. The summed E-state index contributed by atoms with van der Waals surface area (Å²) in [6.45, 7) is 3.38. The van der Waals surface area contributed by atoms with Crippen molar-refractivity contribution in [2.45, 2.75) is 12.8 Å². The van der Waals surface area contributed by atoms with Crippen LogP contribution in [0.1, 0.15) is 12.8 Å². The molecule has 0 saturated carbocycles. The Hall–Kier alpha value is -1.60. The SMILES string of the molecule is N#CC1CCN(CCOc2ccc(F)cc2)CC1. The van der Waals surface area contributed by atoms with Gasteiger partial charge in [-0.15, -0.1) is 0 Å². The fourth-order valence-electron chi connectivity index (χ4n) is 2.11. The highest BCUT2D eigenvalue weighted by Crippen LogP contribution is 2.16. The smallest absolute Gasteiger partial charge is 0.123 e. The summed E-state index contributed by atoms with van der Waals surface area (Å²) in [5.41, 5.74) is 0. The molecule has 1 aliphatic heterocycles. The molecule has 0 unspecified atom stereocenters. The van der Waals surface area contributed by atoms with Crippen molar-refractivity contribution >= 4 is 0 Å². The van der Waals surface area contributed by atoms with Crippen molar-refractivity contribution in [3.63, 3.8) is 0 Å². The number of likely N-dealkylation sites (tertiary alicyclic amines) is 1. The molecular weight excluding hydrogens is 231 g/mol. The number of ether oxygens (including phenoxy) is 1. The quantitative estimate of drug-likeness (QED) is 0.821. The maximum absolute atomic E-state index is 12.7. The minimum atomic E-state index is -0.249. The van der Waals surface area contributed by atoms with E-state index in [0.29, 0.717) is 12.4 Å². The van der Waals surface area contributed by atoms with Gasteiger partial charge in [0.15, 0.2) is 0 Å². The van der Waals surface area contributed by atoms with Gasteiger partial charge in [0, 0.05) is 12.5 Å². The number of benzene rings is 1. The van der Waals surface area contributed by atoms with Crippen LogP contribution in [0, 0.1) is 23.1 Å². The van der Waals surface area contributed by atoms with Crippen LogP contribution in [-0.4, -0.2) is 31.1 Å². The van der Waals surface area contributed by atoms with E-state index >= 15 is 0 Å². The van der Waals surface area contributed by atoms with Gasteiger partial charge in [0.25, 0.3) is 0 Å². The zero-order valence-electron chi connectivity index (χ0n) is 10.3. The molecular formula is C14H17FN2O. The molecule has 0 spiro atoms. The summed E-state index contributed by atoms with van der Waals surface area (Å²) in [5.74, 6) is 0.670. The normalized spacial score (nSPS) is 17.3. The van der Waals surface area contributed by atoms with Crippen LogP contribution < -0.4 is 4.74 Å². The minimum absolute atomic E-state index is 0.222. The highest BCUT2D eigenvalue weighted by Gasteiger charge is 2.18. The molecule has 0 amide bonds. The number of halogens is 1. The minimum Gasteiger partial charge on any atom is -0.492 e. The molecule has 0 atom stereocenters. The summed E-state index contributed by atoms with van der Waals surface area (Å²) in [6, 6.07) is 8.38. The van der Waals surface area contributed by atoms with Gasteiger partial charge in [-0.3, -0.25) is 4.90 Å². The highest BCUT2D eigenvalue weighted by atomic mass is 19.1. The largest absolute Gasteiger partial charge is 0.492 e. The molecule has 2 rings (SSSR count). The Bertz CT molecular complexity index is 405. The Morgan fingerprint density at radius 1 is 1.28 bits per heavy atom. The molecule has 0 aliphatic carbocycles. The van der Waals surface area contributed by atoms with Crippen molar-refractivity contribution in [1.82, 2.24) is 4.90 Å². The van der Waals surface area contributed by atoms with E-state index in [1.807, 2.05) is 0 Å². The van der Waals surface area contributed by atoms with Crippen LogP contribution in [-0.2, 0) is 0 Å². The molecule has 1 heterocycles. The van der Waals surface area contributed by atoms with Gasteiger partial charge in [-0.25, -0.2) is 4.39 Å². The highest BCUT2D eigenvalue weighted by molar-refractivity contribution is 5.21. The first-order valence-corrected chi connectivity index (χ1v) is 6.28. The van der Waals surface area contributed by atoms with Gasteiger partial charge >= 0.3 is 0 Å². The number of piperidine rings is 1. The van der Waals surface area contributed by atoms with Crippen LogP contribution in [0.3, 0.4) is 0 Å². The van der Waals surface area contributed by atoms with Crippen LogP contribution in [0.4, 0.5) is 4.39 Å². The van der Waals surface area contributed by atoms with Gasteiger partial charge in [-0.05, 0) is 50.2 Å². The van der Waals surface area contributed by atoms with Crippen LogP contribution in [0.5, 0.6) is 5.75 Å². The van der Waals surface area contributed by atoms with E-state index in [-0.39, 0.29) is 11.7 Å². The van der Waals surface area contributed by atoms with Gasteiger partial charge in [0.1, 0.15) is 18.2 Å². The maximum Gasteiger partial charge on any atom is 0.123 e. The monoisotopic (exact) mass is 248 g/mol. The molecule has 96 valence electrons. The van der Waals surface area contributed by atoms with Gasteiger partial charge in [0.05, 0.1) is 6.07 Å². The Labute approximate surface area is 107 Å². The van der Waals surface area contributed by atoms with Crippen molar-refractivity contribution in [2.24, 2.45) is 5.92 Å². The summed E-state index contributed by atoms with van der Waals surface area (Å²) in [4.78, 5) is 2.30. The van der Waals surface area contributed by atoms with Crippen molar-refractivity contribution < 1.29 is 9.13 Å². The summed E-state index contributed by atoms with van der Waals surface area (Å²) >= 11 is 0. The predicted molar refractivity (Wildman–Crippen MR) is 66.7 cm³/mol. The zero-order chi connectivity index (χ0) is 12.8. The van der Waals surface area contributed by atoms with Crippen LogP contribution in [0.15, 0.2) is 24.3 Å². The lowest BCUT2D eigenvalue weighted by atomic mass is 9.99. The maximum atomic E-state index is 12.7. The summed E-state index contributed by atoms with van der Waals surface area (Å²) in [7, 11) is 0. The second kappa shape index (κ2) is 6.36. The third-order valence-electron chi connectivity index (χ3n) is 3.26. The Balaban J connectivity index is 1.67. The topological polar surface area (TPSA) is 36.3 Å². The average molecular weight is 248 g/mol. The molecule has 4 heteroatoms. The van der Waals surface area contributed by atoms with E-state index in [1.165, 1.54) is 12.1 Å². The van der Waals surface area contributed by atoms with Gasteiger partial charge in [-0.1, -0.05) is 0 Å². The van der Waals surface area contributed by atoms with E-state index in [2.05, 4.69) is 11.0 Å². The van der Waals surface area contributed by atoms with E-state index in [9.17, 15) is 4.39 Å². The van der Waals surface area contributed by atoms with Gasteiger partial charge in [-0.2, -0.15) is 5.26 Å².